The van der Waals surface area contributed by atoms with Gasteiger partial charge in [-0.2, -0.15) is 5.10 Å². The summed E-state index contributed by atoms with van der Waals surface area (Å²) in [5, 5.41) is 4.33. The number of likely N-dealkylation sites (tertiary alicyclic amines) is 1. The molecule has 0 bridgehead atoms. The van der Waals surface area contributed by atoms with Crippen LogP contribution in [0, 0.1) is 5.92 Å². The molecule has 2 N–H and O–H groups in total. The van der Waals surface area contributed by atoms with E-state index in [1.165, 1.54) is 0 Å². The quantitative estimate of drug-likeness (QED) is 0.903. The Labute approximate surface area is 148 Å². The molecule has 1 aliphatic rings. The first-order valence-corrected chi connectivity index (χ1v) is 8.77. The number of aromatic nitrogens is 2. The molecule has 6 nitrogen and oxygen atoms in total. The molecule has 1 unspecified atom stereocenters. The van der Waals surface area contributed by atoms with Crippen molar-refractivity contribution < 1.29 is 9.53 Å². The highest BCUT2D eigenvalue weighted by Gasteiger charge is 2.26. The molecule has 6 heteroatoms. The van der Waals surface area contributed by atoms with Gasteiger partial charge in [-0.05, 0) is 43.4 Å². The van der Waals surface area contributed by atoms with Crippen LogP contribution in [0.3, 0.4) is 0 Å². The number of piperidine rings is 1. The molecule has 0 radical (unpaired) electrons. The summed E-state index contributed by atoms with van der Waals surface area (Å²) in [6.07, 6.45) is 5.43. The summed E-state index contributed by atoms with van der Waals surface area (Å²) in [5.41, 5.74) is 7.73. The van der Waals surface area contributed by atoms with Gasteiger partial charge >= 0.3 is 0 Å². The third-order valence-corrected chi connectivity index (χ3v) is 4.95. The van der Waals surface area contributed by atoms with E-state index in [1.54, 1.807) is 18.0 Å². The zero-order valence-electron chi connectivity index (χ0n) is 14.9. The van der Waals surface area contributed by atoms with Crippen LogP contribution >= 0.6 is 0 Å². The molecule has 0 spiro atoms. The standard InChI is InChI=1S/C19H26N4O2/c1-14(20)16-7-9-22(10-8-16)19(24)17-11-21-23(13-17)12-15-3-5-18(25-2)6-4-15/h3-6,11,13-14,16H,7-10,12,20H2,1-2H3. The molecule has 2 aromatic rings. The van der Waals surface area contributed by atoms with Gasteiger partial charge in [0.2, 0.25) is 0 Å². The average Bonchev–Trinajstić information content (AvgIpc) is 3.10. The van der Waals surface area contributed by atoms with Crippen LogP contribution in [0.4, 0.5) is 0 Å². The van der Waals surface area contributed by atoms with Crippen molar-refractivity contribution in [3.05, 3.63) is 47.8 Å². The van der Waals surface area contributed by atoms with Gasteiger partial charge in [-0.1, -0.05) is 12.1 Å². The molecular formula is C19H26N4O2. The Kier molecular flexibility index (Phi) is 5.38. The molecule has 2 heterocycles. The highest BCUT2D eigenvalue weighted by molar-refractivity contribution is 5.93. The van der Waals surface area contributed by atoms with Gasteiger partial charge in [0.25, 0.3) is 5.91 Å². The normalized spacial score (nSPS) is 16.7. The number of carbonyl (C=O) groups excluding carboxylic acids is 1. The third kappa shape index (κ3) is 4.20. The van der Waals surface area contributed by atoms with E-state index >= 15 is 0 Å². The van der Waals surface area contributed by atoms with Gasteiger partial charge in [0.1, 0.15) is 5.75 Å². The van der Waals surface area contributed by atoms with Gasteiger partial charge in [-0.25, -0.2) is 0 Å². The number of amides is 1. The zero-order valence-corrected chi connectivity index (χ0v) is 14.9. The summed E-state index contributed by atoms with van der Waals surface area (Å²) >= 11 is 0. The highest BCUT2D eigenvalue weighted by atomic mass is 16.5. The second-order valence-electron chi connectivity index (χ2n) is 6.76. The van der Waals surface area contributed by atoms with E-state index in [0.717, 1.165) is 37.2 Å². The van der Waals surface area contributed by atoms with Crippen LogP contribution in [-0.4, -0.2) is 46.8 Å². The largest absolute Gasteiger partial charge is 0.497 e. The topological polar surface area (TPSA) is 73.4 Å². The lowest BCUT2D eigenvalue weighted by atomic mass is 9.91. The Morgan fingerprint density at radius 3 is 2.60 bits per heavy atom. The fraction of sp³-hybridized carbons (Fsp3) is 0.474. The molecule has 1 aromatic heterocycles. The molecule has 1 aromatic carbocycles. The summed E-state index contributed by atoms with van der Waals surface area (Å²) in [6, 6.07) is 8.05. The summed E-state index contributed by atoms with van der Waals surface area (Å²) in [5.74, 6) is 1.40. The monoisotopic (exact) mass is 342 g/mol. The Balaban J connectivity index is 1.60. The molecule has 1 aliphatic heterocycles. The maximum absolute atomic E-state index is 12.7. The van der Waals surface area contributed by atoms with Crippen LogP contribution in [0.25, 0.3) is 0 Å². The van der Waals surface area contributed by atoms with Crippen molar-refractivity contribution in [1.29, 1.82) is 0 Å². The first-order valence-electron chi connectivity index (χ1n) is 8.77. The number of benzene rings is 1. The van der Waals surface area contributed by atoms with Gasteiger partial charge in [0.05, 0.1) is 25.4 Å². The Hall–Kier alpha value is -2.34. The molecule has 1 fully saturated rings. The number of hydrogen-bond acceptors (Lipinski definition) is 4. The van der Waals surface area contributed by atoms with E-state index in [9.17, 15) is 4.79 Å². The second-order valence-corrected chi connectivity index (χ2v) is 6.76. The minimum Gasteiger partial charge on any atom is -0.497 e. The van der Waals surface area contributed by atoms with Crippen molar-refractivity contribution in [3.8, 4) is 5.75 Å². The number of carbonyl (C=O) groups is 1. The first kappa shape index (κ1) is 17.5. The maximum Gasteiger partial charge on any atom is 0.257 e. The average molecular weight is 342 g/mol. The van der Waals surface area contributed by atoms with Gasteiger partial charge in [0, 0.05) is 25.3 Å². The zero-order chi connectivity index (χ0) is 17.8. The molecule has 0 saturated carbocycles. The van der Waals surface area contributed by atoms with Crippen LogP contribution in [0.5, 0.6) is 5.75 Å². The number of ether oxygens (including phenoxy) is 1. The summed E-state index contributed by atoms with van der Waals surface area (Å²) in [7, 11) is 1.65. The van der Waals surface area contributed by atoms with Crippen LogP contribution in [0.2, 0.25) is 0 Å². The van der Waals surface area contributed by atoms with E-state index in [1.807, 2.05) is 42.3 Å². The van der Waals surface area contributed by atoms with Gasteiger partial charge in [-0.3, -0.25) is 9.48 Å². The minimum absolute atomic E-state index is 0.0594. The lowest BCUT2D eigenvalue weighted by Gasteiger charge is -2.33. The third-order valence-electron chi connectivity index (χ3n) is 4.95. The van der Waals surface area contributed by atoms with Crippen molar-refractivity contribution in [2.75, 3.05) is 20.2 Å². The Morgan fingerprint density at radius 2 is 2.00 bits per heavy atom. The smallest absolute Gasteiger partial charge is 0.257 e. The van der Waals surface area contributed by atoms with Crippen molar-refractivity contribution in [2.45, 2.75) is 32.4 Å². The highest BCUT2D eigenvalue weighted by Crippen LogP contribution is 2.21. The van der Waals surface area contributed by atoms with Crippen molar-refractivity contribution in [1.82, 2.24) is 14.7 Å². The summed E-state index contributed by atoms with van der Waals surface area (Å²) < 4.78 is 6.96. The fourth-order valence-corrected chi connectivity index (χ4v) is 3.29. The maximum atomic E-state index is 12.7. The molecule has 0 aliphatic carbocycles. The second kappa shape index (κ2) is 7.70. The SMILES string of the molecule is COc1ccc(Cn2cc(C(=O)N3CCC(C(C)N)CC3)cn2)cc1. The molecule has 1 atom stereocenters. The lowest BCUT2D eigenvalue weighted by molar-refractivity contribution is 0.0681. The fourth-order valence-electron chi connectivity index (χ4n) is 3.29. The van der Waals surface area contributed by atoms with Gasteiger partial charge < -0.3 is 15.4 Å². The van der Waals surface area contributed by atoms with E-state index < -0.39 is 0 Å². The van der Waals surface area contributed by atoms with Gasteiger partial charge in [-0.15, -0.1) is 0 Å². The molecular weight excluding hydrogens is 316 g/mol. The molecule has 25 heavy (non-hydrogen) atoms. The number of hydrogen-bond donors (Lipinski definition) is 1. The van der Waals surface area contributed by atoms with E-state index in [-0.39, 0.29) is 11.9 Å². The van der Waals surface area contributed by atoms with Gasteiger partial charge in [0.15, 0.2) is 0 Å². The number of methoxy groups -OCH3 is 1. The molecule has 1 saturated heterocycles. The Morgan fingerprint density at radius 1 is 1.32 bits per heavy atom. The molecule has 1 amide bonds. The number of nitrogens with zero attached hydrogens (tertiary/aromatic N) is 3. The van der Waals surface area contributed by atoms with Crippen LogP contribution < -0.4 is 10.5 Å². The minimum atomic E-state index is 0.0594. The number of rotatable bonds is 5. The van der Waals surface area contributed by atoms with Crippen LogP contribution in [0.1, 0.15) is 35.7 Å². The Bertz CT molecular complexity index is 700. The van der Waals surface area contributed by atoms with Crippen LogP contribution in [-0.2, 0) is 6.54 Å². The summed E-state index contributed by atoms with van der Waals surface area (Å²) in [4.78, 5) is 14.6. The van der Waals surface area contributed by atoms with Crippen LogP contribution in [0.15, 0.2) is 36.7 Å². The van der Waals surface area contributed by atoms with E-state index in [2.05, 4.69) is 5.10 Å². The molecule has 134 valence electrons. The number of nitrogens with two attached hydrogens (primary N) is 1. The molecule has 3 rings (SSSR count). The van der Waals surface area contributed by atoms with Crippen molar-refractivity contribution in [2.24, 2.45) is 11.7 Å². The van der Waals surface area contributed by atoms with E-state index in [4.69, 9.17) is 10.5 Å². The predicted octanol–water partition coefficient (Wildman–Crippen LogP) is 2.14. The van der Waals surface area contributed by atoms with Crippen molar-refractivity contribution >= 4 is 5.91 Å². The van der Waals surface area contributed by atoms with E-state index in [0.29, 0.717) is 18.0 Å². The lowest BCUT2D eigenvalue weighted by Crippen LogP contribution is -2.42. The predicted molar refractivity (Wildman–Crippen MR) is 96.6 cm³/mol. The first-order chi connectivity index (χ1) is 12.1. The van der Waals surface area contributed by atoms with Crippen molar-refractivity contribution in [3.63, 3.8) is 0 Å². The summed E-state index contributed by atoms with van der Waals surface area (Å²) in [6.45, 7) is 4.22.